The quantitative estimate of drug-likeness (QED) is 0.838. The summed E-state index contributed by atoms with van der Waals surface area (Å²) in [6.45, 7) is 7.19. The van der Waals surface area contributed by atoms with Gasteiger partial charge in [0, 0.05) is 12.0 Å². The van der Waals surface area contributed by atoms with E-state index in [0.29, 0.717) is 24.4 Å². The van der Waals surface area contributed by atoms with Crippen LogP contribution in [0.25, 0.3) is 0 Å². The minimum absolute atomic E-state index is 0.211. The number of hydrogen-bond acceptors (Lipinski definition) is 4. The number of aliphatic hydroxyl groups excluding tert-OH is 1. The monoisotopic (exact) mass is 272 g/mol. The molecule has 0 amide bonds. The van der Waals surface area contributed by atoms with Crippen LogP contribution in [0.5, 0.6) is 0 Å². The third-order valence-electron chi connectivity index (χ3n) is 3.35. The largest absolute Gasteiger partial charge is 0.492 e. The minimum atomic E-state index is -0.739. The fourth-order valence-electron chi connectivity index (χ4n) is 2.46. The highest BCUT2D eigenvalue weighted by molar-refractivity contribution is 5.29. The van der Waals surface area contributed by atoms with Gasteiger partial charge in [0.25, 0.3) is 0 Å². The lowest BCUT2D eigenvalue weighted by Gasteiger charge is -2.32. The van der Waals surface area contributed by atoms with Gasteiger partial charge in [0.1, 0.15) is 12.2 Å². The Morgan fingerprint density at radius 1 is 1.42 bits per heavy atom. The summed E-state index contributed by atoms with van der Waals surface area (Å²) in [5.41, 5.74) is 0.495. The Morgan fingerprint density at radius 2 is 2.11 bits per heavy atom. The average Bonchev–Trinajstić information content (AvgIpc) is 2.63. The zero-order chi connectivity index (χ0) is 14.2. The van der Waals surface area contributed by atoms with E-state index in [1.54, 1.807) is 6.92 Å². The second-order valence-corrected chi connectivity index (χ2v) is 5.52. The lowest BCUT2D eigenvalue weighted by atomic mass is 9.96. The maximum Gasteiger partial charge on any atom is 0.163 e. The molecular formula is C14H21FO4. The third-order valence-corrected chi connectivity index (χ3v) is 3.35. The van der Waals surface area contributed by atoms with Crippen LogP contribution in [0.15, 0.2) is 23.2 Å². The van der Waals surface area contributed by atoms with E-state index in [4.69, 9.17) is 14.2 Å². The molecule has 2 rings (SSSR count). The van der Waals surface area contributed by atoms with Crippen molar-refractivity contribution in [1.82, 2.24) is 0 Å². The van der Waals surface area contributed by atoms with E-state index >= 15 is 0 Å². The molecule has 0 aromatic heterocycles. The van der Waals surface area contributed by atoms with Crippen LogP contribution in [0.1, 0.15) is 34.1 Å². The Kier molecular flexibility index (Phi) is 3.99. The van der Waals surface area contributed by atoms with E-state index in [0.717, 1.165) is 0 Å². The summed E-state index contributed by atoms with van der Waals surface area (Å²) >= 11 is 0. The predicted octanol–water partition coefficient (Wildman–Crippen LogP) is 2.44. The molecule has 0 radical (unpaired) electrons. The molecule has 19 heavy (non-hydrogen) atoms. The van der Waals surface area contributed by atoms with Crippen molar-refractivity contribution in [2.45, 2.75) is 58.2 Å². The van der Waals surface area contributed by atoms with Gasteiger partial charge in [-0.05, 0) is 33.8 Å². The molecule has 0 aromatic carbocycles. The van der Waals surface area contributed by atoms with Gasteiger partial charge in [0.2, 0.25) is 0 Å². The Bertz CT molecular complexity index is 410. The zero-order valence-corrected chi connectivity index (χ0v) is 11.8. The summed E-state index contributed by atoms with van der Waals surface area (Å²) in [6.07, 6.45) is 0.467. The van der Waals surface area contributed by atoms with Crippen LogP contribution in [0.3, 0.4) is 0 Å². The molecule has 2 aliphatic heterocycles. The summed E-state index contributed by atoms with van der Waals surface area (Å²) in [5.74, 6) is -0.433. The fourth-order valence-corrected chi connectivity index (χ4v) is 2.46. The molecule has 2 heterocycles. The van der Waals surface area contributed by atoms with Crippen molar-refractivity contribution >= 4 is 0 Å². The summed E-state index contributed by atoms with van der Waals surface area (Å²) < 4.78 is 29.9. The SMILES string of the molecule is CC1=C(/C=C(\C)F)[C@@H](O)C[C@H]([C@@H]2COC(C)(C)O2)O1. The highest BCUT2D eigenvalue weighted by Crippen LogP contribution is 2.33. The minimum Gasteiger partial charge on any atom is -0.492 e. The lowest BCUT2D eigenvalue weighted by molar-refractivity contribution is -0.156. The van der Waals surface area contributed by atoms with Crippen molar-refractivity contribution < 1.29 is 23.7 Å². The molecule has 108 valence electrons. The number of allylic oxidation sites excluding steroid dienone is 2. The Morgan fingerprint density at radius 3 is 2.58 bits per heavy atom. The molecule has 1 fully saturated rings. The van der Waals surface area contributed by atoms with Gasteiger partial charge < -0.3 is 19.3 Å². The molecule has 0 unspecified atom stereocenters. The normalized spacial score (nSPS) is 35.5. The molecule has 5 heteroatoms. The summed E-state index contributed by atoms with van der Waals surface area (Å²) in [6, 6.07) is 0. The molecule has 0 aliphatic carbocycles. The van der Waals surface area contributed by atoms with E-state index in [9.17, 15) is 9.50 Å². The Balaban J connectivity index is 2.10. The Labute approximate surface area is 112 Å². The average molecular weight is 272 g/mol. The summed E-state index contributed by atoms with van der Waals surface area (Å²) in [5, 5.41) is 10.1. The topological polar surface area (TPSA) is 47.9 Å². The van der Waals surface area contributed by atoms with Crippen LogP contribution >= 0.6 is 0 Å². The summed E-state index contributed by atoms with van der Waals surface area (Å²) in [7, 11) is 0. The van der Waals surface area contributed by atoms with Crippen LogP contribution in [-0.4, -0.2) is 35.8 Å². The lowest BCUT2D eigenvalue weighted by Crippen LogP contribution is -2.39. The van der Waals surface area contributed by atoms with Gasteiger partial charge in [-0.2, -0.15) is 0 Å². The second-order valence-electron chi connectivity index (χ2n) is 5.52. The molecule has 4 nitrogen and oxygen atoms in total. The number of halogens is 1. The van der Waals surface area contributed by atoms with Crippen molar-refractivity contribution in [2.24, 2.45) is 0 Å². The first kappa shape index (κ1) is 14.5. The number of aliphatic hydroxyl groups is 1. The fraction of sp³-hybridized carbons (Fsp3) is 0.714. The van der Waals surface area contributed by atoms with E-state index in [2.05, 4.69) is 0 Å². The maximum absolute atomic E-state index is 12.9. The van der Waals surface area contributed by atoms with Crippen molar-refractivity contribution in [3.8, 4) is 0 Å². The number of hydrogen-bond donors (Lipinski definition) is 1. The van der Waals surface area contributed by atoms with Gasteiger partial charge in [0.15, 0.2) is 5.79 Å². The summed E-state index contributed by atoms with van der Waals surface area (Å²) in [4.78, 5) is 0. The van der Waals surface area contributed by atoms with E-state index in [1.807, 2.05) is 13.8 Å². The molecule has 0 spiro atoms. The molecule has 1 saturated heterocycles. The molecule has 2 aliphatic rings. The third kappa shape index (κ3) is 3.35. The van der Waals surface area contributed by atoms with Crippen molar-refractivity contribution in [3.05, 3.63) is 23.2 Å². The van der Waals surface area contributed by atoms with Gasteiger partial charge in [-0.3, -0.25) is 0 Å². The number of rotatable bonds is 2. The smallest absolute Gasteiger partial charge is 0.163 e. The molecular weight excluding hydrogens is 251 g/mol. The second kappa shape index (κ2) is 5.23. The molecule has 1 N–H and O–H groups in total. The number of ether oxygens (including phenoxy) is 3. The van der Waals surface area contributed by atoms with Crippen LogP contribution in [0.2, 0.25) is 0 Å². The van der Waals surface area contributed by atoms with E-state index < -0.39 is 11.9 Å². The van der Waals surface area contributed by atoms with Crippen LogP contribution in [0, 0.1) is 0 Å². The standard InChI is InChI=1S/C14H21FO4/c1-8(15)5-10-9(2)18-12(6-11(10)16)13-7-17-14(3,4)19-13/h5,11-13,16H,6-7H2,1-4H3/b8-5+/t11-,12+,13-/m0/s1. The highest BCUT2D eigenvalue weighted by atomic mass is 19.1. The van der Waals surface area contributed by atoms with Crippen LogP contribution < -0.4 is 0 Å². The van der Waals surface area contributed by atoms with E-state index in [1.165, 1.54) is 13.0 Å². The van der Waals surface area contributed by atoms with Gasteiger partial charge in [0.05, 0.1) is 24.3 Å². The molecule has 0 bridgehead atoms. The zero-order valence-electron chi connectivity index (χ0n) is 11.8. The Hall–Kier alpha value is -0.910. The van der Waals surface area contributed by atoms with Crippen LogP contribution in [-0.2, 0) is 14.2 Å². The highest BCUT2D eigenvalue weighted by Gasteiger charge is 2.41. The van der Waals surface area contributed by atoms with Crippen molar-refractivity contribution in [3.63, 3.8) is 0 Å². The van der Waals surface area contributed by atoms with Gasteiger partial charge in [-0.15, -0.1) is 0 Å². The van der Waals surface area contributed by atoms with Gasteiger partial charge in [-0.1, -0.05) is 0 Å². The molecule has 3 atom stereocenters. The van der Waals surface area contributed by atoms with Crippen molar-refractivity contribution in [1.29, 1.82) is 0 Å². The van der Waals surface area contributed by atoms with E-state index in [-0.39, 0.29) is 18.0 Å². The van der Waals surface area contributed by atoms with Crippen LogP contribution in [0.4, 0.5) is 4.39 Å². The maximum atomic E-state index is 12.9. The van der Waals surface area contributed by atoms with Gasteiger partial charge >= 0.3 is 0 Å². The van der Waals surface area contributed by atoms with Gasteiger partial charge in [-0.25, -0.2) is 4.39 Å². The first-order valence-corrected chi connectivity index (χ1v) is 6.49. The predicted molar refractivity (Wildman–Crippen MR) is 68.0 cm³/mol. The molecule has 0 saturated carbocycles. The first-order valence-electron chi connectivity index (χ1n) is 6.49. The molecule has 0 aromatic rings. The van der Waals surface area contributed by atoms with Crippen molar-refractivity contribution in [2.75, 3.05) is 6.61 Å². The first-order chi connectivity index (χ1) is 8.78.